The average Bonchev–Trinajstić information content (AvgIpc) is 2.69. The molecule has 3 rings (SSSR count). The highest BCUT2D eigenvalue weighted by molar-refractivity contribution is 8.00. The van der Waals surface area contributed by atoms with Crippen molar-refractivity contribution in [3.8, 4) is 0 Å². The molecule has 1 atom stereocenters. The van der Waals surface area contributed by atoms with Gasteiger partial charge in [-0.15, -0.1) is 11.8 Å². The molecular weight excluding hydrogens is 402 g/mol. The van der Waals surface area contributed by atoms with Gasteiger partial charge in [-0.25, -0.2) is 0 Å². The molecule has 0 aliphatic carbocycles. The van der Waals surface area contributed by atoms with Crippen molar-refractivity contribution in [2.45, 2.75) is 17.1 Å². The van der Waals surface area contributed by atoms with Crippen LogP contribution < -0.4 is 10.2 Å². The third-order valence-corrected chi connectivity index (χ3v) is 5.72. The summed E-state index contributed by atoms with van der Waals surface area (Å²) in [7, 11) is 0. The third kappa shape index (κ3) is 4.95. The van der Waals surface area contributed by atoms with Gasteiger partial charge in [0.2, 0.25) is 5.91 Å². The van der Waals surface area contributed by atoms with E-state index < -0.39 is 10.2 Å². The number of nitro groups is 1. The number of ether oxygens (including phenoxy) is 1. The number of thioether (sulfide) groups is 1. The van der Waals surface area contributed by atoms with Crippen LogP contribution in [0.25, 0.3) is 0 Å². The summed E-state index contributed by atoms with van der Waals surface area (Å²) < 4.78 is 5.39. The number of carbonyl (C=O) groups is 1. The first-order valence-electron chi connectivity index (χ1n) is 8.79. The van der Waals surface area contributed by atoms with Crippen LogP contribution in [0.15, 0.2) is 47.4 Å². The molecule has 0 bridgehead atoms. The highest BCUT2D eigenvalue weighted by Crippen LogP contribution is 2.35. The maximum Gasteiger partial charge on any atom is 0.269 e. The van der Waals surface area contributed by atoms with Crippen LogP contribution in [0.1, 0.15) is 6.92 Å². The Balaban J connectivity index is 1.70. The van der Waals surface area contributed by atoms with E-state index in [0.29, 0.717) is 37.0 Å². The third-order valence-electron chi connectivity index (χ3n) is 4.30. The lowest BCUT2D eigenvalue weighted by molar-refractivity contribution is -0.384. The highest BCUT2D eigenvalue weighted by atomic mass is 35.5. The van der Waals surface area contributed by atoms with Crippen LogP contribution in [-0.4, -0.2) is 42.4 Å². The predicted molar refractivity (Wildman–Crippen MR) is 112 cm³/mol. The van der Waals surface area contributed by atoms with Gasteiger partial charge in [-0.3, -0.25) is 14.9 Å². The van der Waals surface area contributed by atoms with Gasteiger partial charge in [-0.1, -0.05) is 17.7 Å². The van der Waals surface area contributed by atoms with Crippen molar-refractivity contribution in [2.75, 3.05) is 36.5 Å². The van der Waals surface area contributed by atoms with E-state index in [-0.39, 0.29) is 11.6 Å². The Morgan fingerprint density at radius 3 is 2.57 bits per heavy atom. The molecule has 1 N–H and O–H groups in total. The smallest absolute Gasteiger partial charge is 0.269 e. The number of hydrogen-bond donors (Lipinski definition) is 1. The van der Waals surface area contributed by atoms with Gasteiger partial charge in [0.1, 0.15) is 0 Å². The molecule has 28 heavy (non-hydrogen) atoms. The van der Waals surface area contributed by atoms with E-state index in [1.807, 2.05) is 6.07 Å². The van der Waals surface area contributed by atoms with Crippen molar-refractivity contribution < 1.29 is 14.5 Å². The molecule has 2 aromatic carbocycles. The fourth-order valence-corrected chi connectivity index (χ4v) is 4.02. The quantitative estimate of drug-likeness (QED) is 0.427. The average molecular weight is 422 g/mol. The summed E-state index contributed by atoms with van der Waals surface area (Å²) in [6.07, 6.45) is 0. The van der Waals surface area contributed by atoms with Gasteiger partial charge >= 0.3 is 0 Å². The molecule has 0 spiro atoms. The molecule has 1 saturated heterocycles. The number of amides is 1. The molecule has 1 aliphatic heterocycles. The SMILES string of the molecule is CC(Sc1ccc([N+](=O)[O-])cc1)C(=O)Nc1cccc(Cl)c1N1CCOCC1. The van der Waals surface area contributed by atoms with Gasteiger partial charge in [0, 0.05) is 30.1 Å². The van der Waals surface area contributed by atoms with Crippen LogP contribution >= 0.6 is 23.4 Å². The van der Waals surface area contributed by atoms with Crippen molar-refractivity contribution >= 4 is 46.3 Å². The van der Waals surface area contributed by atoms with Crippen molar-refractivity contribution in [3.63, 3.8) is 0 Å². The largest absolute Gasteiger partial charge is 0.378 e. The topological polar surface area (TPSA) is 84.7 Å². The van der Waals surface area contributed by atoms with Crippen LogP contribution in [0.2, 0.25) is 5.02 Å². The standard InChI is InChI=1S/C19H20ClN3O4S/c1-13(28-15-7-5-14(6-8-15)23(25)26)19(24)21-17-4-2-3-16(20)18(17)22-9-11-27-12-10-22/h2-8,13H,9-12H2,1H3,(H,21,24). The summed E-state index contributed by atoms with van der Waals surface area (Å²) >= 11 is 7.74. The first-order valence-corrected chi connectivity index (χ1v) is 10.0. The summed E-state index contributed by atoms with van der Waals surface area (Å²) in [5.74, 6) is -0.167. The second-order valence-electron chi connectivity index (χ2n) is 6.24. The van der Waals surface area contributed by atoms with Crippen molar-refractivity contribution in [3.05, 3.63) is 57.6 Å². The molecule has 1 amide bonds. The Bertz CT molecular complexity index is 857. The molecule has 7 nitrogen and oxygen atoms in total. The van der Waals surface area contributed by atoms with Crippen LogP contribution in [0.5, 0.6) is 0 Å². The molecule has 1 aliphatic rings. The molecule has 0 radical (unpaired) electrons. The maximum atomic E-state index is 12.7. The molecule has 0 aromatic heterocycles. The summed E-state index contributed by atoms with van der Waals surface area (Å²) in [6, 6.07) is 11.6. The monoisotopic (exact) mass is 421 g/mol. The van der Waals surface area contributed by atoms with Crippen LogP contribution in [-0.2, 0) is 9.53 Å². The van der Waals surface area contributed by atoms with E-state index in [4.69, 9.17) is 16.3 Å². The second-order valence-corrected chi connectivity index (χ2v) is 8.06. The minimum atomic E-state index is -0.448. The molecule has 9 heteroatoms. The normalized spacial score (nSPS) is 15.1. The number of non-ortho nitro benzene ring substituents is 1. The Morgan fingerprint density at radius 1 is 1.25 bits per heavy atom. The Hall–Kier alpha value is -2.29. The molecule has 1 unspecified atom stereocenters. The summed E-state index contributed by atoms with van der Waals surface area (Å²) in [5.41, 5.74) is 1.49. The van der Waals surface area contributed by atoms with E-state index in [0.717, 1.165) is 10.6 Å². The Morgan fingerprint density at radius 2 is 1.93 bits per heavy atom. The first kappa shape index (κ1) is 20.4. The van der Waals surface area contributed by atoms with Crippen LogP contribution in [0, 0.1) is 10.1 Å². The van der Waals surface area contributed by atoms with Crippen molar-refractivity contribution in [1.29, 1.82) is 0 Å². The predicted octanol–water partition coefficient (Wildman–Crippen LogP) is 4.20. The summed E-state index contributed by atoms with van der Waals surface area (Å²) in [6.45, 7) is 4.44. The Kier molecular flexibility index (Phi) is 6.77. The van der Waals surface area contributed by atoms with Crippen molar-refractivity contribution in [2.24, 2.45) is 0 Å². The number of morpholine rings is 1. The number of anilines is 2. The van der Waals surface area contributed by atoms with Gasteiger partial charge in [-0.05, 0) is 31.2 Å². The number of nitro benzene ring substituents is 1. The molecule has 1 heterocycles. The van der Waals surface area contributed by atoms with Gasteiger partial charge in [0.25, 0.3) is 5.69 Å². The number of hydrogen-bond acceptors (Lipinski definition) is 6. The van der Waals surface area contributed by atoms with Crippen LogP contribution in [0.4, 0.5) is 17.1 Å². The van der Waals surface area contributed by atoms with Gasteiger partial charge in [0.15, 0.2) is 0 Å². The lowest BCUT2D eigenvalue weighted by Gasteiger charge is -2.31. The second kappa shape index (κ2) is 9.27. The van der Waals surface area contributed by atoms with Crippen LogP contribution in [0.3, 0.4) is 0 Å². The molecule has 148 valence electrons. The Labute approximate surface area is 172 Å². The first-order chi connectivity index (χ1) is 13.5. The molecule has 0 saturated carbocycles. The number of rotatable bonds is 6. The van der Waals surface area contributed by atoms with E-state index in [9.17, 15) is 14.9 Å². The lowest BCUT2D eigenvalue weighted by atomic mass is 10.2. The summed E-state index contributed by atoms with van der Waals surface area (Å²) in [4.78, 5) is 25.9. The lowest BCUT2D eigenvalue weighted by Crippen LogP contribution is -2.37. The fraction of sp³-hybridized carbons (Fsp3) is 0.316. The van der Waals surface area contributed by atoms with E-state index >= 15 is 0 Å². The minimum Gasteiger partial charge on any atom is -0.378 e. The number of carbonyl (C=O) groups excluding carboxylic acids is 1. The van der Waals surface area contributed by atoms with E-state index in [1.165, 1.54) is 23.9 Å². The van der Waals surface area contributed by atoms with E-state index in [1.54, 1.807) is 31.2 Å². The maximum absolute atomic E-state index is 12.7. The zero-order valence-electron chi connectivity index (χ0n) is 15.3. The molecule has 2 aromatic rings. The summed E-state index contributed by atoms with van der Waals surface area (Å²) in [5, 5.41) is 13.9. The number of benzene rings is 2. The van der Waals surface area contributed by atoms with Gasteiger partial charge < -0.3 is 15.0 Å². The van der Waals surface area contributed by atoms with Crippen molar-refractivity contribution in [1.82, 2.24) is 0 Å². The minimum absolute atomic E-state index is 0.0236. The zero-order valence-corrected chi connectivity index (χ0v) is 16.8. The fourth-order valence-electron chi connectivity index (χ4n) is 2.86. The van der Waals surface area contributed by atoms with Gasteiger partial charge in [0.05, 0.1) is 39.8 Å². The zero-order chi connectivity index (χ0) is 20.1. The van der Waals surface area contributed by atoms with E-state index in [2.05, 4.69) is 10.2 Å². The van der Waals surface area contributed by atoms with Gasteiger partial charge in [-0.2, -0.15) is 0 Å². The highest BCUT2D eigenvalue weighted by Gasteiger charge is 2.21. The number of nitrogens with one attached hydrogen (secondary N) is 1. The molecule has 1 fully saturated rings. The number of nitrogens with zero attached hydrogens (tertiary/aromatic N) is 2. The number of halogens is 1. The number of para-hydroxylation sites is 1. The molecular formula is C19H20ClN3O4S.